The van der Waals surface area contributed by atoms with Gasteiger partial charge in [0.05, 0.1) is 12.6 Å². The minimum Gasteiger partial charge on any atom is -0.461 e. The van der Waals surface area contributed by atoms with E-state index >= 15 is 0 Å². The summed E-state index contributed by atoms with van der Waals surface area (Å²) in [5.41, 5.74) is 0. The maximum atomic E-state index is 12.2. The van der Waals surface area contributed by atoms with Crippen molar-refractivity contribution in [1.29, 1.82) is 0 Å². The number of hydrogen-bond acceptors (Lipinski definition) is 6. The largest absolute Gasteiger partial charge is 0.461 e. The number of esters is 1. The maximum Gasteiger partial charge on any atom is 0.410 e. The summed E-state index contributed by atoms with van der Waals surface area (Å²) in [7, 11) is 0. The lowest BCUT2D eigenvalue weighted by molar-refractivity contribution is -0.142. The summed E-state index contributed by atoms with van der Waals surface area (Å²) in [6.07, 6.45) is 2.79. The monoisotopic (exact) mass is 378 g/mol. The van der Waals surface area contributed by atoms with Gasteiger partial charge in [0.2, 0.25) is 0 Å². The molecule has 3 heterocycles. The summed E-state index contributed by atoms with van der Waals surface area (Å²) >= 11 is 0. The number of furan rings is 1. The third-order valence-corrected chi connectivity index (χ3v) is 5.71. The van der Waals surface area contributed by atoms with Crippen molar-refractivity contribution in [3.63, 3.8) is 0 Å². The van der Waals surface area contributed by atoms with Crippen LogP contribution in [0.1, 0.15) is 51.6 Å². The van der Waals surface area contributed by atoms with E-state index in [1.165, 1.54) is 6.92 Å². The SMILES string of the molecule is CC[C@H](C)[C@H]1COC(=O)N1C1CCN(Cc2ccc(COC(C)=O)o2)CC1. The fraction of sp³-hybridized carbons (Fsp3) is 0.700. The molecule has 27 heavy (non-hydrogen) atoms. The second-order valence-corrected chi connectivity index (χ2v) is 7.59. The predicted molar refractivity (Wildman–Crippen MR) is 98.9 cm³/mol. The standard InChI is InChI=1S/C20H30N2O5/c1-4-14(2)19-13-26-20(24)22(19)16-7-9-21(10-8-16)11-17-5-6-18(27-17)12-25-15(3)23/h5-6,14,16,19H,4,7-13H2,1-3H3/t14-,19+/m0/s1. The molecule has 0 spiro atoms. The first-order chi connectivity index (χ1) is 13.0. The molecule has 0 unspecified atom stereocenters. The lowest BCUT2D eigenvalue weighted by atomic mass is 9.95. The van der Waals surface area contributed by atoms with E-state index in [0.717, 1.165) is 44.7 Å². The summed E-state index contributed by atoms with van der Waals surface area (Å²) in [6, 6.07) is 4.24. The van der Waals surface area contributed by atoms with Gasteiger partial charge < -0.3 is 13.9 Å². The van der Waals surface area contributed by atoms with Gasteiger partial charge in [-0.05, 0) is 30.9 Å². The Morgan fingerprint density at radius 3 is 2.67 bits per heavy atom. The number of nitrogens with zero attached hydrogens (tertiary/aromatic N) is 2. The molecule has 3 rings (SSSR count). The fourth-order valence-corrected chi connectivity index (χ4v) is 3.91. The first kappa shape index (κ1) is 19.7. The van der Waals surface area contributed by atoms with Crippen LogP contribution in [0.15, 0.2) is 16.5 Å². The van der Waals surface area contributed by atoms with Crippen molar-refractivity contribution in [2.45, 2.75) is 65.3 Å². The zero-order valence-electron chi connectivity index (χ0n) is 16.5. The highest BCUT2D eigenvalue weighted by Gasteiger charge is 2.41. The van der Waals surface area contributed by atoms with Gasteiger partial charge in [-0.15, -0.1) is 0 Å². The first-order valence-corrected chi connectivity index (χ1v) is 9.86. The van der Waals surface area contributed by atoms with Crippen molar-refractivity contribution in [2.24, 2.45) is 5.92 Å². The summed E-state index contributed by atoms with van der Waals surface area (Å²) in [5.74, 6) is 1.67. The molecule has 0 bridgehead atoms. The number of rotatable bonds is 7. The quantitative estimate of drug-likeness (QED) is 0.679. The number of hydrogen-bond donors (Lipinski definition) is 0. The van der Waals surface area contributed by atoms with Gasteiger partial charge in [0.1, 0.15) is 24.7 Å². The highest BCUT2D eigenvalue weighted by Crippen LogP contribution is 2.29. The molecule has 2 saturated heterocycles. The molecule has 1 aromatic rings. The van der Waals surface area contributed by atoms with Crippen LogP contribution in [0, 0.1) is 5.92 Å². The molecule has 0 N–H and O–H groups in total. The predicted octanol–water partition coefficient (Wildman–Crippen LogP) is 3.17. The van der Waals surface area contributed by atoms with Crippen LogP contribution >= 0.6 is 0 Å². The Hall–Kier alpha value is -2.02. The van der Waals surface area contributed by atoms with Crippen molar-refractivity contribution >= 4 is 12.1 Å². The number of carbonyl (C=O) groups excluding carboxylic acids is 2. The van der Waals surface area contributed by atoms with Crippen LogP contribution in [0.25, 0.3) is 0 Å². The van der Waals surface area contributed by atoms with Gasteiger partial charge in [0.15, 0.2) is 0 Å². The number of cyclic esters (lactones) is 1. The molecule has 0 aliphatic carbocycles. The molecule has 0 saturated carbocycles. The van der Waals surface area contributed by atoms with Crippen LogP contribution in [-0.2, 0) is 27.4 Å². The zero-order valence-corrected chi connectivity index (χ0v) is 16.5. The summed E-state index contributed by atoms with van der Waals surface area (Å²) < 4.78 is 16.0. The van der Waals surface area contributed by atoms with Gasteiger partial charge in [-0.25, -0.2) is 4.79 Å². The van der Waals surface area contributed by atoms with Crippen LogP contribution in [0.4, 0.5) is 4.79 Å². The van der Waals surface area contributed by atoms with Crippen LogP contribution in [0.3, 0.4) is 0 Å². The number of likely N-dealkylation sites (tertiary alicyclic amines) is 1. The molecule has 2 aliphatic rings. The molecule has 1 amide bonds. The maximum absolute atomic E-state index is 12.2. The normalized spacial score (nSPS) is 22.7. The molecule has 7 heteroatoms. The summed E-state index contributed by atoms with van der Waals surface area (Å²) in [6.45, 7) is 8.99. The van der Waals surface area contributed by atoms with E-state index < -0.39 is 0 Å². The molecular weight excluding hydrogens is 348 g/mol. The first-order valence-electron chi connectivity index (χ1n) is 9.86. The van der Waals surface area contributed by atoms with Crippen molar-refractivity contribution < 1.29 is 23.5 Å². The second-order valence-electron chi connectivity index (χ2n) is 7.59. The second kappa shape index (κ2) is 8.78. The third-order valence-electron chi connectivity index (χ3n) is 5.71. The number of amides is 1. The van der Waals surface area contributed by atoms with E-state index in [-0.39, 0.29) is 30.8 Å². The lowest BCUT2D eigenvalue weighted by Gasteiger charge is -2.38. The minimum absolute atomic E-state index is 0.153. The third kappa shape index (κ3) is 4.83. The summed E-state index contributed by atoms with van der Waals surface area (Å²) in [4.78, 5) is 27.4. The van der Waals surface area contributed by atoms with Gasteiger partial charge in [0.25, 0.3) is 0 Å². The van der Waals surface area contributed by atoms with E-state index in [1.54, 1.807) is 0 Å². The molecule has 2 aliphatic heterocycles. The van der Waals surface area contributed by atoms with Gasteiger partial charge >= 0.3 is 12.1 Å². The zero-order chi connectivity index (χ0) is 19.4. The Balaban J connectivity index is 1.50. The molecule has 0 aromatic carbocycles. The Morgan fingerprint density at radius 2 is 2.00 bits per heavy atom. The van der Waals surface area contributed by atoms with Gasteiger partial charge in [0, 0.05) is 26.1 Å². The molecule has 150 valence electrons. The highest BCUT2D eigenvalue weighted by atomic mass is 16.6. The lowest BCUT2D eigenvalue weighted by Crippen LogP contribution is -2.50. The molecule has 1 aromatic heterocycles. The van der Waals surface area contributed by atoms with Crippen molar-refractivity contribution in [3.8, 4) is 0 Å². The molecule has 2 fully saturated rings. The van der Waals surface area contributed by atoms with E-state index in [1.807, 2.05) is 17.0 Å². The van der Waals surface area contributed by atoms with Crippen LogP contribution < -0.4 is 0 Å². The molecular formula is C20H30N2O5. The Labute approximate surface area is 160 Å². The highest BCUT2D eigenvalue weighted by molar-refractivity contribution is 5.70. The molecule has 2 atom stereocenters. The molecule has 7 nitrogen and oxygen atoms in total. The topological polar surface area (TPSA) is 72.2 Å². The van der Waals surface area contributed by atoms with Crippen LogP contribution in [0.5, 0.6) is 0 Å². The summed E-state index contributed by atoms with van der Waals surface area (Å²) in [5, 5.41) is 0. The van der Waals surface area contributed by atoms with Crippen molar-refractivity contribution in [2.75, 3.05) is 19.7 Å². The Morgan fingerprint density at radius 1 is 1.30 bits per heavy atom. The van der Waals surface area contributed by atoms with Crippen LogP contribution in [0.2, 0.25) is 0 Å². The van der Waals surface area contributed by atoms with Crippen LogP contribution in [-0.4, -0.2) is 53.6 Å². The smallest absolute Gasteiger partial charge is 0.410 e. The van der Waals surface area contributed by atoms with E-state index in [9.17, 15) is 9.59 Å². The van der Waals surface area contributed by atoms with E-state index in [4.69, 9.17) is 13.9 Å². The Kier molecular flexibility index (Phi) is 6.42. The Bertz CT molecular complexity index is 651. The molecule has 0 radical (unpaired) electrons. The van der Waals surface area contributed by atoms with E-state index in [2.05, 4.69) is 18.7 Å². The van der Waals surface area contributed by atoms with E-state index in [0.29, 0.717) is 18.3 Å². The van der Waals surface area contributed by atoms with Gasteiger partial charge in [-0.1, -0.05) is 20.3 Å². The average Bonchev–Trinajstić information content (AvgIpc) is 3.26. The minimum atomic E-state index is -0.314. The van der Waals surface area contributed by atoms with Gasteiger partial charge in [-0.2, -0.15) is 0 Å². The van der Waals surface area contributed by atoms with Crippen molar-refractivity contribution in [1.82, 2.24) is 9.80 Å². The van der Waals surface area contributed by atoms with Gasteiger partial charge in [-0.3, -0.25) is 14.6 Å². The van der Waals surface area contributed by atoms with Crippen molar-refractivity contribution in [3.05, 3.63) is 23.7 Å². The fourth-order valence-electron chi connectivity index (χ4n) is 3.91. The number of piperidine rings is 1. The number of carbonyl (C=O) groups is 2. The average molecular weight is 378 g/mol. The number of ether oxygens (including phenoxy) is 2.